The van der Waals surface area contributed by atoms with Gasteiger partial charge in [-0.2, -0.15) is 0 Å². The highest BCUT2D eigenvalue weighted by molar-refractivity contribution is 4.58. The van der Waals surface area contributed by atoms with E-state index in [0.29, 0.717) is 6.42 Å². The standard InChI is InChI=1S/C6H12O3/c1-4-3-6(7)9-5(2)8-4/h4-7H,3H2,1-2H3/t4-,5-,6+/m1/s1. The molecule has 0 amide bonds. The first-order valence-electron chi connectivity index (χ1n) is 3.17. The summed E-state index contributed by atoms with van der Waals surface area (Å²) in [6.45, 7) is 3.70. The maximum Gasteiger partial charge on any atom is 0.160 e. The van der Waals surface area contributed by atoms with Gasteiger partial charge >= 0.3 is 0 Å². The van der Waals surface area contributed by atoms with Crippen LogP contribution in [0.5, 0.6) is 0 Å². The molecule has 3 heteroatoms. The van der Waals surface area contributed by atoms with Gasteiger partial charge in [-0.15, -0.1) is 0 Å². The highest BCUT2D eigenvalue weighted by atomic mass is 16.7. The van der Waals surface area contributed by atoms with Crippen molar-refractivity contribution in [3.63, 3.8) is 0 Å². The van der Waals surface area contributed by atoms with Crippen molar-refractivity contribution >= 4 is 0 Å². The van der Waals surface area contributed by atoms with Crippen LogP contribution in [0.25, 0.3) is 0 Å². The highest BCUT2D eigenvalue weighted by Gasteiger charge is 2.22. The summed E-state index contributed by atoms with van der Waals surface area (Å²) in [5, 5.41) is 8.95. The molecule has 54 valence electrons. The Morgan fingerprint density at radius 3 is 2.44 bits per heavy atom. The van der Waals surface area contributed by atoms with E-state index in [1.54, 1.807) is 6.92 Å². The number of ether oxygens (including phenoxy) is 2. The van der Waals surface area contributed by atoms with Crippen LogP contribution in [0.2, 0.25) is 0 Å². The van der Waals surface area contributed by atoms with Gasteiger partial charge < -0.3 is 14.6 Å². The van der Waals surface area contributed by atoms with Gasteiger partial charge in [0.05, 0.1) is 6.10 Å². The van der Waals surface area contributed by atoms with Gasteiger partial charge in [-0.05, 0) is 13.8 Å². The number of hydrogen-bond acceptors (Lipinski definition) is 3. The Bertz CT molecular complexity index is 69.3. The average molecular weight is 132 g/mol. The van der Waals surface area contributed by atoms with Crippen molar-refractivity contribution in [2.24, 2.45) is 0 Å². The van der Waals surface area contributed by atoms with E-state index in [2.05, 4.69) is 0 Å². The molecule has 9 heavy (non-hydrogen) atoms. The average Bonchev–Trinajstić information content (AvgIpc) is 1.59. The van der Waals surface area contributed by atoms with Crippen LogP contribution in [0, 0.1) is 0 Å². The molecule has 0 aromatic heterocycles. The number of aliphatic hydroxyl groups is 1. The second-order valence-corrected chi connectivity index (χ2v) is 2.34. The van der Waals surface area contributed by atoms with Crippen molar-refractivity contribution in [2.45, 2.75) is 39.0 Å². The summed E-state index contributed by atoms with van der Waals surface area (Å²) in [5.41, 5.74) is 0. The van der Waals surface area contributed by atoms with E-state index in [1.165, 1.54) is 0 Å². The summed E-state index contributed by atoms with van der Waals surface area (Å²) in [6.07, 6.45) is -0.208. The minimum atomic E-state index is -0.635. The molecule has 0 aromatic carbocycles. The van der Waals surface area contributed by atoms with Gasteiger partial charge in [-0.1, -0.05) is 0 Å². The lowest BCUT2D eigenvalue weighted by molar-refractivity contribution is -0.283. The van der Waals surface area contributed by atoms with Crippen LogP contribution in [0.4, 0.5) is 0 Å². The molecule has 3 atom stereocenters. The third kappa shape index (κ3) is 1.93. The molecule has 0 aromatic rings. The lowest BCUT2D eigenvalue weighted by Gasteiger charge is -2.29. The molecular weight excluding hydrogens is 120 g/mol. The molecule has 1 saturated heterocycles. The third-order valence-electron chi connectivity index (χ3n) is 1.31. The monoisotopic (exact) mass is 132 g/mol. The van der Waals surface area contributed by atoms with Crippen LogP contribution in [0.3, 0.4) is 0 Å². The summed E-state index contributed by atoms with van der Waals surface area (Å²) in [5.74, 6) is 0. The van der Waals surface area contributed by atoms with E-state index >= 15 is 0 Å². The third-order valence-corrected chi connectivity index (χ3v) is 1.31. The Labute approximate surface area is 54.6 Å². The van der Waals surface area contributed by atoms with Crippen molar-refractivity contribution in [3.05, 3.63) is 0 Å². The first-order chi connectivity index (χ1) is 4.18. The Hall–Kier alpha value is -0.120. The number of hydrogen-bond donors (Lipinski definition) is 1. The molecule has 0 aliphatic carbocycles. The molecule has 3 nitrogen and oxygen atoms in total. The summed E-state index contributed by atoms with van der Waals surface area (Å²) < 4.78 is 10.1. The van der Waals surface area contributed by atoms with E-state index in [0.717, 1.165) is 0 Å². The van der Waals surface area contributed by atoms with Gasteiger partial charge in [0.1, 0.15) is 0 Å². The first kappa shape index (κ1) is 6.99. The van der Waals surface area contributed by atoms with E-state index in [4.69, 9.17) is 14.6 Å². The molecule has 1 heterocycles. The Morgan fingerprint density at radius 2 is 2.00 bits per heavy atom. The molecule has 0 spiro atoms. The lowest BCUT2D eigenvalue weighted by Crippen LogP contribution is -2.34. The van der Waals surface area contributed by atoms with Crippen molar-refractivity contribution in [1.29, 1.82) is 0 Å². The topological polar surface area (TPSA) is 38.7 Å². The Kier molecular flexibility index (Phi) is 2.05. The smallest absolute Gasteiger partial charge is 0.160 e. The van der Waals surface area contributed by atoms with E-state index in [9.17, 15) is 0 Å². The predicted molar refractivity (Wildman–Crippen MR) is 31.7 cm³/mol. The second-order valence-electron chi connectivity index (χ2n) is 2.34. The van der Waals surface area contributed by atoms with Crippen LogP contribution < -0.4 is 0 Å². The molecule has 1 fully saturated rings. The summed E-state index contributed by atoms with van der Waals surface area (Å²) in [6, 6.07) is 0. The van der Waals surface area contributed by atoms with Crippen LogP contribution >= 0.6 is 0 Å². The van der Waals surface area contributed by atoms with Gasteiger partial charge in [-0.25, -0.2) is 0 Å². The van der Waals surface area contributed by atoms with Gasteiger partial charge in [0.2, 0.25) is 0 Å². The fourth-order valence-corrected chi connectivity index (χ4v) is 0.975. The van der Waals surface area contributed by atoms with E-state index in [-0.39, 0.29) is 12.4 Å². The lowest BCUT2D eigenvalue weighted by atomic mass is 10.2. The molecule has 0 radical (unpaired) electrons. The van der Waals surface area contributed by atoms with Gasteiger partial charge in [0.25, 0.3) is 0 Å². The molecule has 1 rings (SSSR count). The van der Waals surface area contributed by atoms with Gasteiger partial charge in [0, 0.05) is 6.42 Å². The maximum atomic E-state index is 8.95. The molecule has 0 unspecified atom stereocenters. The fourth-order valence-electron chi connectivity index (χ4n) is 0.975. The zero-order chi connectivity index (χ0) is 6.85. The van der Waals surface area contributed by atoms with Crippen molar-refractivity contribution < 1.29 is 14.6 Å². The van der Waals surface area contributed by atoms with Crippen LogP contribution in [-0.4, -0.2) is 23.8 Å². The second kappa shape index (κ2) is 2.64. The first-order valence-corrected chi connectivity index (χ1v) is 3.17. The zero-order valence-electron chi connectivity index (χ0n) is 5.70. The highest BCUT2D eigenvalue weighted by Crippen LogP contribution is 2.15. The van der Waals surface area contributed by atoms with E-state index in [1.807, 2.05) is 6.92 Å². The quantitative estimate of drug-likeness (QED) is 0.521. The maximum absolute atomic E-state index is 8.95. The Balaban J connectivity index is 2.34. The van der Waals surface area contributed by atoms with Crippen LogP contribution in [0.15, 0.2) is 0 Å². The fraction of sp³-hybridized carbons (Fsp3) is 1.00. The summed E-state index contributed by atoms with van der Waals surface area (Å²) in [4.78, 5) is 0. The summed E-state index contributed by atoms with van der Waals surface area (Å²) >= 11 is 0. The van der Waals surface area contributed by atoms with E-state index < -0.39 is 6.29 Å². The predicted octanol–water partition coefficient (Wildman–Crippen LogP) is 0.476. The SMILES string of the molecule is C[C@@H]1O[C@H](C)C[C@@H](O)O1. The van der Waals surface area contributed by atoms with Crippen molar-refractivity contribution in [3.8, 4) is 0 Å². The van der Waals surface area contributed by atoms with Crippen LogP contribution in [-0.2, 0) is 9.47 Å². The molecule has 0 bridgehead atoms. The zero-order valence-corrected chi connectivity index (χ0v) is 5.70. The molecule has 1 aliphatic heterocycles. The number of rotatable bonds is 0. The molecule has 1 N–H and O–H groups in total. The minimum Gasteiger partial charge on any atom is -0.368 e. The van der Waals surface area contributed by atoms with Gasteiger partial charge in [0.15, 0.2) is 12.6 Å². The van der Waals surface area contributed by atoms with Crippen molar-refractivity contribution in [2.75, 3.05) is 0 Å². The minimum absolute atomic E-state index is 0.115. The summed E-state index contributed by atoms with van der Waals surface area (Å²) in [7, 11) is 0. The number of aliphatic hydroxyl groups excluding tert-OH is 1. The molecular formula is C6H12O3. The Morgan fingerprint density at radius 1 is 1.33 bits per heavy atom. The van der Waals surface area contributed by atoms with Crippen molar-refractivity contribution in [1.82, 2.24) is 0 Å². The molecule has 1 aliphatic rings. The largest absolute Gasteiger partial charge is 0.368 e. The normalized spacial score (nSPS) is 45.0. The van der Waals surface area contributed by atoms with Crippen LogP contribution in [0.1, 0.15) is 20.3 Å². The van der Waals surface area contributed by atoms with Gasteiger partial charge in [-0.3, -0.25) is 0 Å². The molecule has 0 saturated carbocycles.